The number of fused-ring (bicyclic) bond motifs is 1. The van der Waals surface area contributed by atoms with Gasteiger partial charge in [-0.3, -0.25) is 4.90 Å². The van der Waals surface area contributed by atoms with E-state index in [9.17, 15) is 4.79 Å². The SMILES string of the molecule is Cc1ccc2c(c1)CCN(CCCCNC(=O)OC(C)(C)C)C2. The van der Waals surface area contributed by atoms with Crippen LogP contribution in [0.25, 0.3) is 0 Å². The highest BCUT2D eigenvalue weighted by molar-refractivity contribution is 5.67. The lowest BCUT2D eigenvalue weighted by Crippen LogP contribution is -2.34. The summed E-state index contributed by atoms with van der Waals surface area (Å²) in [6.45, 7) is 11.7. The molecule has 0 saturated carbocycles. The van der Waals surface area contributed by atoms with Crippen LogP contribution in [0.3, 0.4) is 0 Å². The van der Waals surface area contributed by atoms with Gasteiger partial charge in [0.15, 0.2) is 0 Å². The van der Waals surface area contributed by atoms with Crippen LogP contribution in [0, 0.1) is 6.92 Å². The number of aryl methyl sites for hydroxylation is 1. The summed E-state index contributed by atoms with van der Waals surface area (Å²) >= 11 is 0. The number of alkyl carbamates (subject to hydrolysis) is 1. The molecule has 0 aliphatic carbocycles. The number of rotatable bonds is 5. The zero-order valence-electron chi connectivity index (χ0n) is 14.9. The molecule has 0 unspecified atom stereocenters. The summed E-state index contributed by atoms with van der Waals surface area (Å²) in [7, 11) is 0. The Morgan fingerprint density at radius 3 is 2.78 bits per heavy atom. The van der Waals surface area contributed by atoms with Crippen molar-refractivity contribution in [3.05, 3.63) is 34.9 Å². The first kappa shape index (κ1) is 17.8. The topological polar surface area (TPSA) is 41.6 Å². The Hall–Kier alpha value is -1.55. The lowest BCUT2D eigenvalue weighted by Gasteiger charge is -2.29. The van der Waals surface area contributed by atoms with Gasteiger partial charge in [-0.1, -0.05) is 23.8 Å². The van der Waals surface area contributed by atoms with Crippen LogP contribution >= 0.6 is 0 Å². The van der Waals surface area contributed by atoms with Gasteiger partial charge in [0.05, 0.1) is 0 Å². The summed E-state index contributed by atoms with van der Waals surface area (Å²) in [5.41, 5.74) is 3.90. The zero-order chi connectivity index (χ0) is 16.9. The van der Waals surface area contributed by atoms with E-state index < -0.39 is 5.60 Å². The number of benzene rings is 1. The fourth-order valence-electron chi connectivity index (χ4n) is 2.90. The minimum atomic E-state index is -0.427. The number of carbonyl (C=O) groups excluding carboxylic acids is 1. The highest BCUT2D eigenvalue weighted by atomic mass is 16.6. The molecule has 0 saturated heterocycles. The molecule has 1 N–H and O–H groups in total. The summed E-state index contributed by atoms with van der Waals surface area (Å²) in [6, 6.07) is 6.78. The first-order chi connectivity index (χ1) is 10.8. The number of ether oxygens (including phenoxy) is 1. The van der Waals surface area contributed by atoms with Crippen molar-refractivity contribution in [1.29, 1.82) is 0 Å². The molecular weight excluding hydrogens is 288 g/mol. The highest BCUT2D eigenvalue weighted by Crippen LogP contribution is 2.20. The quantitative estimate of drug-likeness (QED) is 0.843. The van der Waals surface area contributed by atoms with E-state index in [4.69, 9.17) is 4.74 Å². The molecule has 1 aromatic carbocycles. The average molecular weight is 318 g/mol. The van der Waals surface area contributed by atoms with Crippen molar-refractivity contribution >= 4 is 6.09 Å². The lowest BCUT2D eigenvalue weighted by atomic mass is 9.97. The van der Waals surface area contributed by atoms with Crippen LogP contribution in [0.2, 0.25) is 0 Å². The van der Waals surface area contributed by atoms with E-state index in [1.165, 1.54) is 16.7 Å². The van der Waals surface area contributed by atoms with Crippen molar-refractivity contribution in [2.75, 3.05) is 19.6 Å². The fourth-order valence-corrected chi connectivity index (χ4v) is 2.90. The summed E-state index contributed by atoms with van der Waals surface area (Å²) in [5, 5.41) is 2.82. The van der Waals surface area contributed by atoms with Gasteiger partial charge in [-0.15, -0.1) is 0 Å². The second kappa shape index (κ2) is 7.82. The van der Waals surface area contributed by atoms with E-state index in [1.807, 2.05) is 20.8 Å². The number of hydrogen-bond donors (Lipinski definition) is 1. The molecule has 2 rings (SSSR count). The van der Waals surface area contributed by atoms with Crippen molar-refractivity contribution in [1.82, 2.24) is 10.2 Å². The Kier molecular flexibility index (Phi) is 6.05. The normalized spacial score (nSPS) is 15.1. The minimum absolute atomic E-state index is 0.320. The third kappa shape index (κ3) is 6.22. The maximum atomic E-state index is 11.5. The van der Waals surface area contributed by atoms with Crippen molar-refractivity contribution in [2.24, 2.45) is 0 Å². The Bertz CT molecular complexity index is 535. The van der Waals surface area contributed by atoms with Gasteiger partial charge in [0.25, 0.3) is 0 Å². The van der Waals surface area contributed by atoms with Gasteiger partial charge in [0, 0.05) is 19.6 Å². The van der Waals surface area contributed by atoms with Crippen LogP contribution in [-0.2, 0) is 17.7 Å². The Morgan fingerprint density at radius 1 is 1.26 bits per heavy atom. The van der Waals surface area contributed by atoms with E-state index in [1.54, 1.807) is 0 Å². The molecule has 0 radical (unpaired) electrons. The van der Waals surface area contributed by atoms with Gasteiger partial charge in [-0.25, -0.2) is 4.79 Å². The number of nitrogens with zero attached hydrogens (tertiary/aromatic N) is 1. The van der Waals surface area contributed by atoms with Crippen LogP contribution in [0.4, 0.5) is 4.79 Å². The molecule has 0 spiro atoms. The predicted molar refractivity (Wildman–Crippen MR) is 93.6 cm³/mol. The molecule has 1 aliphatic heterocycles. The number of carbonyl (C=O) groups is 1. The number of unbranched alkanes of at least 4 members (excludes halogenated alkanes) is 1. The second-order valence-electron chi connectivity index (χ2n) is 7.43. The maximum Gasteiger partial charge on any atom is 0.407 e. The van der Waals surface area contributed by atoms with E-state index in [-0.39, 0.29) is 6.09 Å². The van der Waals surface area contributed by atoms with E-state index >= 15 is 0 Å². The minimum Gasteiger partial charge on any atom is -0.444 e. The van der Waals surface area contributed by atoms with Crippen molar-refractivity contribution in [3.63, 3.8) is 0 Å². The Balaban J connectivity index is 1.62. The van der Waals surface area contributed by atoms with Gasteiger partial charge in [-0.05, 0) is 64.6 Å². The molecule has 0 aromatic heterocycles. The molecule has 0 bridgehead atoms. The van der Waals surface area contributed by atoms with Gasteiger partial charge in [0.1, 0.15) is 5.60 Å². The van der Waals surface area contributed by atoms with Gasteiger partial charge >= 0.3 is 6.09 Å². The first-order valence-corrected chi connectivity index (χ1v) is 8.61. The maximum absolute atomic E-state index is 11.5. The van der Waals surface area contributed by atoms with Gasteiger partial charge in [0.2, 0.25) is 0 Å². The molecule has 1 heterocycles. The largest absolute Gasteiger partial charge is 0.444 e. The van der Waals surface area contributed by atoms with Crippen LogP contribution in [0.15, 0.2) is 18.2 Å². The van der Waals surface area contributed by atoms with Crippen LogP contribution < -0.4 is 5.32 Å². The van der Waals surface area contributed by atoms with Crippen molar-refractivity contribution in [2.45, 2.75) is 59.1 Å². The molecule has 4 nitrogen and oxygen atoms in total. The molecule has 128 valence electrons. The molecular formula is C19H30N2O2. The van der Waals surface area contributed by atoms with E-state index in [0.717, 1.165) is 38.9 Å². The first-order valence-electron chi connectivity index (χ1n) is 8.61. The van der Waals surface area contributed by atoms with Gasteiger partial charge in [-0.2, -0.15) is 0 Å². The molecule has 0 atom stereocenters. The Morgan fingerprint density at radius 2 is 2.04 bits per heavy atom. The summed E-state index contributed by atoms with van der Waals surface area (Å²) in [5.74, 6) is 0. The van der Waals surface area contributed by atoms with Gasteiger partial charge < -0.3 is 10.1 Å². The standard InChI is InChI=1S/C19H30N2O2/c1-15-7-8-17-14-21(12-9-16(17)13-15)11-6-5-10-20-18(22)23-19(2,3)4/h7-8,13H,5-6,9-12,14H2,1-4H3,(H,20,22). The van der Waals surface area contributed by atoms with Crippen LogP contribution in [-0.4, -0.2) is 36.2 Å². The van der Waals surface area contributed by atoms with Crippen molar-refractivity contribution < 1.29 is 9.53 Å². The summed E-state index contributed by atoms with van der Waals surface area (Å²) < 4.78 is 5.22. The molecule has 23 heavy (non-hydrogen) atoms. The smallest absolute Gasteiger partial charge is 0.407 e. The summed E-state index contributed by atoms with van der Waals surface area (Å²) in [4.78, 5) is 14.0. The Labute approximate surface area is 140 Å². The number of hydrogen-bond acceptors (Lipinski definition) is 3. The number of amides is 1. The molecule has 1 aromatic rings. The third-order valence-electron chi connectivity index (χ3n) is 4.02. The molecule has 1 amide bonds. The number of nitrogens with one attached hydrogen (secondary N) is 1. The third-order valence-corrected chi connectivity index (χ3v) is 4.02. The van der Waals surface area contributed by atoms with Crippen LogP contribution in [0.5, 0.6) is 0 Å². The second-order valence-corrected chi connectivity index (χ2v) is 7.43. The zero-order valence-corrected chi connectivity index (χ0v) is 14.9. The molecule has 0 fully saturated rings. The van der Waals surface area contributed by atoms with E-state index in [0.29, 0.717) is 6.54 Å². The fraction of sp³-hybridized carbons (Fsp3) is 0.632. The lowest BCUT2D eigenvalue weighted by molar-refractivity contribution is 0.0526. The predicted octanol–water partition coefficient (Wildman–Crippen LogP) is 3.66. The monoisotopic (exact) mass is 318 g/mol. The highest BCUT2D eigenvalue weighted by Gasteiger charge is 2.17. The summed E-state index contributed by atoms with van der Waals surface area (Å²) in [6.07, 6.45) is 2.90. The molecule has 4 heteroatoms. The average Bonchev–Trinajstić information content (AvgIpc) is 2.45. The van der Waals surface area contributed by atoms with Crippen molar-refractivity contribution in [3.8, 4) is 0 Å². The van der Waals surface area contributed by atoms with E-state index in [2.05, 4.69) is 35.3 Å². The van der Waals surface area contributed by atoms with Crippen LogP contribution in [0.1, 0.15) is 50.3 Å². The molecule has 1 aliphatic rings.